The maximum atomic E-state index is 4.52. The lowest BCUT2D eigenvalue weighted by molar-refractivity contribution is 0.590. The van der Waals surface area contributed by atoms with E-state index in [0.29, 0.717) is 0 Å². The highest BCUT2D eigenvalue weighted by Crippen LogP contribution is 2.53. The zero-order valence-electron chi connectivity index (χ0n) is 45.7. The molecule has 0 saturated carbocycles. The van der Waals surface area contributed by atoms with E-state index in [1.165, 1.54) is 139 Å². The van der Waals surface area contributed by atoms with Gasteiger partial charge in [0.15, 0.2) is 0 Å². The summed E-state index contributed by atoms with van der Waals surface area (Å²) >= 11 is 0. The van der Waals surface area contributed by atoms with Gasteiger partial charge in [-0.3, -0.25) is 0 Å². The van der Waals surface area contributed by atoms with Crippen LogP contribution in [0.3, 0.4) is 0 Å². The molecule has 0 unspecified atom stereocenters. The largest absolute Gasteiger partial charge is 0.311 e. The summed E-state index contributed by atoms with van der Waals surface area (Å²) in [6.07, 6.45) is 6.54. The van der Waals surface area contributed by atoms with E-state index in [1.54, 1.807) is 0 Å². The fraction of sp³-hybridized carbons (Fsp3) is 0.229. The van der Waals surface area contributed by atoms with Gasteiger partial charge in [0.25, 0.3) is 6.71 Å². The number of hydrogen-bond donors (Lipinski definition) is 0. The van der Waals surface area contributed by atoms with Gasteiger partial charge in [0.2, 0.25) is 0 Å². The molecule has 0 spiro atoms. The number of anilines is 6. The molecule has 0 fully saturated rings. The Kier molecular flexibility index (Phi) is 10.7. The lowest BCUT2D eigenvalue weighted by atomic mass is 9.33. The normalized spacial score (nSPS) is 14.3. The van der Waals surface area contributed by atoms with Crippen molar-refractivity contribution in [2.75, 3.05) is 9.80 Å². The molecule has 1 aromatic heterocycles. The Morgan fingerprint density at radius 3 is 1.81 bits per heavy atom. The van der Waals surface area contributed by atoms with E-state index in [2.05, 4.69) is 275 Å². The van der Waals surface area contributed by atoms with Crippen molar-refractivity contribution in [2.24, 2.45) is 0 Å². The van der Waals surface area contributed by atoms with Crippen LogP contribution in [0.15, 0.2) is 158 Å². The second-order valence-electron chi connectivity index (χ2n) is 24.0. The predicted molar refractivity (Wildman–Crippen MR) is 321 cm³/mol. The minimum absolute atomic E-state index is 0.0709. The third-order valence-electron chi connectivity index (χ3n) is 16.8. The molecule has 4 heteroatoms. The molecule has 74 heavy (non-hydrogen) atoms. The Labute approximate surface area is 440 Å². The van der Waals surface area contributed by atoms with Crippen LogP contribution in [0, 0.1) is 27.7 Å². The molecule has 0 N–H and O–H groups in total. The summed E-state index contributed by atoms with van der Waals surface area (Å²) in [5.41, 5.74) is 31.0. The Balaban J connectivity index is 1.24. The van der Waals surface area contributed by atoms with E-state index in [1.807, 2.05) is 0 Å². The third-order valence-corrected chi connectivity index (χ3v) is 16.8. The fourth-order valence-corrected chi connectivity index (χ4v) is 13.1. The number of nitrogens with zero attached hydrogens (tertiary/aromatic N) is 3. The van der Waals surface area contributed by atoms with Crippen LogP contribution in [0.25, 0.3) is 51.0 Å². The number of benzene rings is 8. The van der Waals surface area contributed by atoms with Gasteiger partial charge >= 0.3 is 0 Å². The van der Waals surface area contributed by atoms with Crippen molar-refractivity contribution in [2.45, 2.75) is 106 Å². The topological polar surface area (TPSA) is 11.4 Å². The highest BCUT2D eigenvalue weighted by Gasteiger charge is 2.46. The maximum absolute atomic E-state index is 4.52. The van der Waals surface area contributed by atoms with E-state index >= 15 is 0 Å². The van der Waals surface area contributed by atoms with Gasteiger partial charge in [-0.15, -0.1) is 0 Å². The Morgan fingerprint density at radius 2 is 1.15 bits per heavy atom. The average molecular weight is 962 g/mol. The molecule has 12 rings (SSSR count). The SMILES string of the molecule is C=Cc1c(/C=C\C)c2cc3c(cc2n1-c1c(C)cccc1C)N(c1ccc2c(c1)C(C)(C)c1ccccc1-2)c1cc(C(C)(C)C)cc2c1B3c1ccc(C(C)(C)C)cc1N2c1c(C)cc(-c2ccccc2)cc1C. The number of allylic oxidation sites excluding steroid dienone is 1. The average Bonchev–Trinajstić information content (AvgIpc) is 3.79. The molecular formula is C70H68BN3. The molecular weight excluding hydrogens is 894 g/mol. The summed E-state index contributed by atoms with van der Waals surface area (Å²) in [4.78, 5) is 5.31. The van der Waals surface area contributed by atoms with Crippen LogP contribution in [0.2, 0.25) is 0 Å². The van der Waals surface area contributed by atoms with Crippen molar-refractivity contribution >= 4 is 80.3 Å². The van der Waals surface area contributed by atoms with Gasteiger partial charge in [-0.1, -0.05) is 171 Å². The predicted octanol–water partition coefficient (Wildman–Crippen LogP) is 17.2. The van der Waals surface area contributed by atoms with E-state index in [4.69, 9.17) is 0 Å². The molecule has 366 valence electrons. The van der Waals surface area contributed by atoms with Crippen LogP contribution in [0.1, 0.15) is 118 Å². The van der Waals surface area contributed by atoms with Crippen LogP contribution in [-0.4, -0.2) is 11.3 Å². The van der Waals surface area contributed by atoms with Crippen molar-refractivity contribution in [1.29, 1.82) is 0 Å². The highest BCUT2D eigenvalue weighted by atomic mass is 15.2. The minimum Gasteiger partial charge on any atom is -0.311 e. The molecule has 0 saturated heterocycles. The molecule has 0 amide bonds. The van der Waals surface area contributed by atoms with Crippen molar-refractivity contribution in [3.63, 3.8) is 0 Å². The van der Waals surface area contributed by atoms with E-state index in [0.717, 1.165) is 5.69 Å². The fourth-order valence-electron chi connectivity index (χ4n) is 13.1. The Bertz CT molecular complexity index is 3820. The zero-order valence-corrected chi connectivity index (χ0v) is 45.7. The van der Waals surface area contributed by atoms with Gasteiger partial charge in [0.1, 0.15) is 0 Å². The van der Waals surface area contributed by atoms with Crippen LogP contribution >= 0.6 is 0 Å². The lowest BCUT2D eigenvalue weighted by Crippen LogP contribution is -2.61. The first-order chi connectivity index (χ1) is 35.3. The first-order valence-corrected chi connectivity index (χ1v) is 26.7. The van der Waals surface area contributed by atoms with Crippen molar-refractivity contribution in [3.05, 3.63) is 214 Å². The van der Waals surface area contributed by atoms with Crippen LogP contribution in [0.4, 0.5) is 34.1 Å². The lowest BCUT2D eigenvalue weighted by Gasteiger charge is -2.46. The highest BCUT2D eigenvalue weighted by molar-refractivity contribution is 7.00. The zero-order chi connectivity index (χ0) is 51.9. The summed E-state index contributed by atoms with van der Waals surface area (Å²) in [5, 5.41) is 1.22. The van der Waals surface area contributed by atoms with E-state index < -0.39 is 0 Å². The van der Waals surface area contributed by atoms with Crippen molar-refractivity contribution in [1.82, 2.24) is 4.57 Å². The Hall–Kier alpha value is -7.56. The third kappa shape index (κ3) is 7.00. The molecule has 3 heterocycles. The van der Waals surface area contributed by atoms with Gasteiger partial charge < -0.3 is 14.4 Å². The van der Waals surface area contributed by atoms with Crippen LogP contribution in [-0.2, 0) is 16.2 Å². The smallest absolute Gasteiger partial charge is 0.252 e. The minimum atomic E-state index is -0.182. The molecule has 0 bridgehead atoms. The molecule has 3 nitrogen and oxygen atoms in total. The monoisotopic (exact) mass is 962 g/mol. The van der Waals surface area contributed by atoms with E-state index in [9.17, 15) is 0 Å². The van der Waals surface area contributed by atoms with E-state index in [-0.39, 0.29) is 23.0 Å². The summed E-state index contributed by atoms with van der Waals surface area (Å²) in [7, 11) is 0. The van der Waals surface area contributed by atoms with Gasteiger partial charge in [0.05, 0.1) is 22.6 Å². The number of para-hydroxylation sites is 1. The van der Waals surface area contributed by atoms with Crippen molar-refractivity contribution in [3.8, 4) is 27.9 Å². The second kappa shape index (κ2) is 16.7. The number of fused-ring (bicyclic) bond motifs is 8. The number of hydrogen-bond acceptors (Lipinski definition) is 2. The molecule has 0 radical (unpaired) electrons. The summed E-state index contributed by atoms with van der Waals surface area (Å²) in [6.45, 7) is 34.7. The van der Waals surface area contributed by atoms with Gasteiger partial charge in [-0.2, -0.15) is 0 Å². The molecule has 1 aliphatic carbocycles. The molecule has 8 aromatic carbocycles. The summed E-state index contributed by atoms with van der Waals surface area (Å²) < 4.78 is 2.49. The second-order valence-corrected chi connectivity index (χ2v) is 24.0. The molecule has 9 aromatic rings. The molecule has 2 aliphatic heterocycles. The van der Waals surface area contributed by atoms with Crippen LogP contribution < -0.4 is 26.2 Å². The van der Waals surface area contributed by atoms with Gasteiger partial charge in [-0.25, -0.2) is 0 Å². The van der Waals surface area contributed by atoms with Crippen molar-refractivity contribution < 1.29 is 0 Å². The number of rotatable bonds is 6. The number of aromatic nitrogens is 1. The van der Waals surface area contributed by atoms with Gasteiger partial charge in [0, 0.05) is 44.8 Å². The summed E-state index contributed by atoms with van der Waals surface area (Å²) in [5.74, 6) is 0. The van der Waals surface area contributed by atoms with Gasteiger partial charge in [-0.05, 0) is 183 Å². The maximum Gasteiger partial charge on any atom is 0.252 e. The summed E-state index contributed by atoms with van der Waals surface area (Å²) in [6, 6.07) is 56.2. The first-order valence-electron chi connectivity index (χ1n) is 26.7. The standard InChI is InChI=1S/C70H68BN3/c1-15-23-53-54-40-58-62(41-60(54)73(59(53)16-2)66-42(3)24-22-25-43(66)4)72(50-31-32-52-51-28-20-21-29-55(51)70(13,14)56(52)39-50)63-37-49(69(10,11)12)38-64-65(63)71(58)57-33-30-48(68(7,8)9)36-61(57)74(64)67-44(5)34-47(35-45(67)6)46-26-18-17-19-27-46/h15-41H,2H2,1,3-14H3/b23-15-. The number of aryl methyl sites for hydroxylation is 4. The Morgan fingerprint density at radius 1 is 0.527 bits per heavy atom. The first kappa shape index (κ1) is 47.4. The molecule has 0 atom stereocenters. The quantitative estimate of drug-likeness (QED) is 0.154. The molecule has 3 aliphatic rings. The van der Waals surface area contributed by atoms with Crippen LogP contribution in [0.5, 0.6) is 0 Å².